The molecule has 110 valence electrons. The number of rotatable bonds is 3. The lowest BCUT2D eigenvalue weighted by Gasteiger charge is -2.22. The number of carbonyl (C=O) groups excluding carboxylic acids is 1. The molecular weight excluding hydrogens is 320 g/mol. The first kappa shape index (κ1) is 15.6. The summed E-state index contributed by atoms with van der Waals surface area (Å²) in [6.45, 7) is 0.778. The summed E-state index contributed by atoms with van der Waals surface area (Å²) in [5.74, 6) is 1.47. The zero-order chi connectivity index (χ0) is 14.8. The monoisotopic (exact) mass is 334 g/mol. The largest absolute Gasteiger partial charge is 0.323 e. The van der Waals surface area contributed by atoms with Crippen LogP contribution in [-0.2, 0) is 14.6 Å². The van der Waals surface area contributed by atoms with Gasteiger partial charge in [0.2, 0.25) is 5.91 Å². The van der Waals surface area contributed by atoms with Crippen LogP contribution in [0.4, 0.5) is 5.69 Å². The van der Waals surface area contributed by atoms with Crippen molar-refractivity contribution < 1.29 is 13.2 Å². The summed E-state index contributed by atoms with van der Waals surface area (Å²) in [6, 6.07) is 3.98. The maximum Gasteiger partial charge on any atom is 0.242 e. The van der Waals surface area contributed by atoms with E-state index in [1.807, 2.05) is 0 Å². The van der Waals surface area contributed by atoms with Gasteiger partial charge in [-0.2, -0.15) is 11.8 Å². The highest BCUT2D eigenvalue weighted by Gasteiger charge is 2.22. The summed E-state index contributed by atoms with van der Waals surface area (Å²) in [4.78, 5) is 12.2. The van der Waals surface area contributed by atoms with Crippen LogP contribution in [0.15, 0.2) is 23.1 Å². The van der Waals surface area contributed by atoms with Crippen molar-refractivity contribution in [2.24, 2.45) is 0 Å². The molecule has 1 unspecified atom stereocenters. The number of amides is 1. The number of sulfone groups is 1. The third-order valence-corrected chi connectivity index (χ3v) is 5.36. The van der Waals surface area contributed by atoms with Crippen LogP contribution in [0.2, 0.25) is 5.02 Å². The summed E-state index contributed by atoms with van der Waals surface area (Å²) in [5, 5.41) is 6.10. The van der Waals surface area contributed by atoms with Crippen molar-refractivity contribution in [1.29, 1.82) is 0 Å². The molecular formula is C12H15ClN2O3S2. The number of anilines is 1. The summed E-state index contributed by atoms with van der Waals surface area (Å²) in [6.07, 6.45) is 1.11. The summed E-state index contributed by atoms with van der Waals surface area (Å²) in [5.41, 5.74) is 0.317. The van der Waals surface area contributed by atoms with Crippen LogP contribution in [0.25, 0.3) is 0 Å². The first-order chi connectivity index (χ1) is 9.38. The van der Waals surface area contributed by atoms with Gasteiger partial charge in [0.15, 0.2) is 9.84 Å². The smallest absolute Gasteiger partial charge is 0.242 e. The van der Waals surface area contributed by atoms with Crippen LogP contribution >= 0.6 is 23.4 Å². The van der Waals surface area contributed by atoms with E-state index in [0.29, 0.717) is 16.5 Å². The van der Waals surface area contributed by atoms with Crippen molar-refractivity contribution in [3.8, 4) is 0 Å². The van der Waals surface area contributed by atoms with E-state index in [0.717, 1.165) is 18.6 Å². The van der Waals surface area contributed by atoms with Gasteiger partial charge >= 0.3 is 0 Å². The topological polar surface area (TPSA) is 75.3 Å². The van der Waals surface area contributed by atoms with Gasteiger partial charge in [-0.3, -0.25) is 4.79 Å². The molecule has 2 rings (SSSR count). The Labute approximate surface area is 127 Å². The van der Waals surface area contributed by atoms with Crippen molar-refractivity contribution >= 4 is 44.8 Å². The van der Waals surface area contributed by atoms with Gasteiger partial charge in [0.05, 0.1) is 21.6 Å². The molecule has 2 N–H and O–H groups in total. The molecule has 0 saturated carbocycles. The van der Waals surface area contributed by atoms with Crippen molar-refractivity contribution in [3.05, 3.63) is 23.2 Å². The molecule has 1 aliphatic heterocycles. The summed E-state index contributed by atoms with van der Waals surface area (Å²) < 4.78 is 23.0. The van der Waals surface area contributed by atoms with Crippen LogP contribution in [0.3, 0.4) is 0 Å². The SMILES string of the molecule is CS(=O)(=O)c1ccc(Cl)c(NC(=O)C2CSCCN2)c1. The maximum absolute atomic E-state index is 12.1. The van der Waals surface area contributed by atoms with Gasteiger partial charge in [0, 0.05) is 24.3 Å². The molecule has 1 aliphatic rings. The highest BCUT2D eigenvalue weighted by molar-refractivity contribution is 7.99. The fourth-order valence-electron chi connectivity index (χ4n) is 1.78. The fraction of sp³-hybridized carbons (Fsp3) is 0.417. The van der Waals surface area contributed by atoms with Crippen LogP contribution < -0.4 is 10.6 Å². The van der Waals surface area contributed by atoms with E-state index in [2.05, 4.69) is 10.6 Å². The van der Waals surface area contributed by atoms with Gasteiger partial charge < -0.3 is 10.6 Å². The number of thioether (sulfide) groups is 1. The minimum absolute atomic E-state index is 0.128. The Balaban J connectivity index is 2.18. The van der Waals surface area contributed by atoms with Crippen molar-refractivity contribution in [2.45, 2.75) is 10.9 Å². The number of hydrogen-bond acceptors (Lipinski definition) is 5. The van der Waals surface area contributed by atoms with Crippen LogP contribution in [-0.4, -0.2) is 44.7 Å². The van der Waals surface area contributed by atoms with Crippen LogP contribution in [0, 0.1) is 0 Å². The minimum atomic E-state index is -3.33. The first-order valence-electron chi connectivity index (χ1n) is 5.99. The Hall–Kier alpha value is -0.760. The Morgan fingerprint density at radius 2 is 2.25 bits per heavy atom. The molecule has 8 heteroatoms. The second kappa shape index (κ2) is 6.34. The maximum atomic E-state index is 12.1. The second-order valence-corrected chi connectivity index (χ2v) is 8.06. The Bertz CT molecular complexity index is 613. The molecule has 0 spiro atoms. The van der Waals surface area contributed by atoms with E-state index in [1.54, 1.807) is 11.8 Å². The normalized spacial score (nSPS) is 19.6. The standard InChI is InChI=1S/C12H15ClN2O3S2/c1-20(17,18)8-2-3-9(13)10(6-8)15-12(16)11-7-19-5-4-14-11/h2-3,6,11,14H,4-5,7H2,1H3,(H,15,16). The third-order valence-electron chi connectivity index (χ3n) is 2.86. The first-order valence-corrected chi connectivity index (χ1v) is 9.42. The van der Waals surface area contributed by atoms with Crippen molar-refractivity contribution in [1.82, 2.24) is 5.32 Å². The Morgan fingerprint density at radius 3 is 2.85 bits per heavy atom. The second-order valence-electron chi connectivity index (χ2n) is 4.48. The fourth-order valence-corrected chi connectivity index (χ4v) is 3.53. The van der Waals surface area contributed by atoms with E-state index in [-0.39, 0.29) is 16.8 Å². The van der Waals surface area contributed by atoms with Gasteiger partial charge in [0.1, 0.15) is 0 Å². The lowest BCUT2D eigenvalue weighted by molar-refractivity contribution is -0.117. The molecule has 1 fully saturated rings. The third kappa shape index (κ3) is 3.88. The average Bonchev–Trinajstić information content (AvgIpc) is 2.41. The summed E-state index contributed by atoms with van der Waals surface area (Å²) in [7, 11) is -3.33. The minimum Gasteiger partial charge on any atom is -0.323 e. The van der Waals surface area contributed by atoms with Gasteiger partial charge in [-0.1, -0.05) is 11.6 Å². The highest BCUT2D eigenvalue weighted by Crippen LogP contribution is 2.25. The average molecular weight is 335 g/mol. The molecule has 1 aromatic rings. The molecule has 0 aromatic heterocycles. The molecule has 0 bridgehead atoms. The zero-order valence-electron chi connectivity index (χ0n) is 10.8. The molecule has 0 radical (unpaired) electrons. The predicted molar refractivity (Wildman–Crippen MR) is 82.3 cm³/mol. The molecule has 0 aliphatic carbocycles. The zero-order valence-corrected chi connectivity index (χ0v) is 13.2. The molecule has 1 heterocycles. The Morgan fingerprint density at radius 1 is 1.50 bits per heavy atom. The number of halogens is 1. The number of carbonyl (C=O) groups is 1. The van der Waals surface area contributed by atoms with E-state index < -0.39 is 9.84 Å². The van der Waals surface area contributed by atoms with E-state index in [4.69, 9.17) is 11.6 Å². The van der Waals surface area contributed by atoms with Crippen LogP contribution in [0.5, 0.6) is 0 Å². The lowest BCUT2D eigenvalue weighted by Crippen LogP contribution is -2.46. The van der Waals surface area contributed by atoms with Gasteiger partial charge in [-0.15, -0.1) is 0 Å². The van der Waals surface area contributed by atoms with Crippen molar-refractivity contribution in [2.75, 3.05) is 29.6 Å². The van der Waals surface area contributed by atoms with Crippen LogP contribution in [0.1, 0.15) is 0 Å². The van der Waals surface area contributed by atoms with E-state index >= 15 is 0 Å². The van der Waals surface area contributed by atoms with Gasteiger partial charge in [-0.05, 0) is 18.2 Å². The molecule has 20 heavy (non-hydrogen) atoms. The predicted octanol–water partition coefficient (Wildman–Crippen LogP) is 1.39. The van der Waals surface area contributed by atoms with E-state index in [1.165, 1.54) is 18.2 Å². The summed E-state index contributed by atoms with van der Waals surface area (Å²) >= 11 is 7.70. The van der Waals surface area contributed by atoms with Gasteiger partial charge in [-0.25, -0.2) is 8.42 Å². The highest BCUT2D eigenvalue weighted by atomic mass is 35.5. The molecule has 1 aromatic carbocycles. The molecule has 1 saturated heterocycles. The number of hydrogen-bond donors (Lipinski definition) is 2. The Kier molecular flexibility index (Phi) is 4.95. The quantitative estimate of drug-likeness (QED) is 0.873. The molecule has 5 nitrogen and oxygen atoms in total. The molecule has 1 amide bonds. The molecule has 1 atom stereocenters. The van der Waals surface area contributed by atoms with E-state index in [9.17, 15) is 13.2 Å². The van der Waals surface area contributed by atoms with Gasteiger partial charge in [0.25, 0.3) is 0 Å². The lowest BCUT2D eigenvalue weighted by atomic mass is 10.2. The van der Waals surface area contributed by atoms with Crippen molar-refractivity contribution in [3.63, 3.8) is 0 Å². The number of nitrogens with one attached hydrogen (secondary N) is 2. The number of benzene rings is 1.